The van der Waals surface area contributed by atoms with Crippen LogP contribution in [0, 0.1) is 0 Å². The Labute approximate surface area is 108 Å². The summed E-state index contributed by atoms with van der Waals surface area (Å²) in [6.07, 6.45) is 1.59. The zero-order valence-electron chi connectivity index (χ0n) is 10.8. The first kappa shape index (κ1) is 12.4. The SMILES string of the molecule is CCNc1cc(N(C)Cc2ccccc2)ncn1. The van der Waals surface area contributed by atoms with Crippen LogP contribution in [-0.4, -0.2) is 23.6 Å². The first-order valence-electron chi connectivity index (χ1n) is 6.10. The van der Waals surface area contributed by atoms with Crippen LogP contribution in [0.2, 0.25) is 0 Å². The molecule has 1 N–H and O–H groups in total. The van der Waals surface area contributed by atoms with Gasteiger partial charge in [-0.3, -0.25) is 0 Å². The minimum atomic E-state index is 0.837. The van der Waals surface area contributed by atoms with Crippen LogP contribution in [-0.2, 0) is 6.54 Å². The van der Waals surface area contributed by atoms with Gasteiger partial charge in [-0.05, 0) is 12.5 Å². The Morgan fingerprint density at radius 1 is 1.17 bits per heavy atom. The molecule has 0 spiro atoms. The third kappa shape index (κ3) is 3.20. The maximum atomic E-state index is 4.29. The average molecular weight is 242 g/mol. The lowest BCUT2D eigenvalue weighted by atomic mass is 10.2. The van der Waals surface area contributed by atoms with E-state index in [0.717, 1.165) is 24.7 Å². The predicted molar refractivity (Wildman–Crippen MR) is 74.7 cm³/mol. The molecule has 2 aromatic rings. The van der Waals surface area contributed by atoms with E-state index < -0.39 is 0 Å². The topological polar surface area (TPSA) is 41.0 Å². The van der Waals surface area contributed by atoms with Crippen LogP contribution >= 0.6 is 0 Å². The van der Waals surface area contributed by atoms with E-state index in [9.17, 15) is 0 Å². The zero-order valence-corrected chi connectivity index (χ0v) is 10.8. The summed E-state index contributed by atoms with van der Waals surface area (Å²) in [7, 11) is 2.03. The monoisotopic (exact) mass is 242 g/mol. The second kappa shape index (κ2) is 6.00. The maximum absolute atomic E-state index is 4.29. The van der Waals surface area contributed by atoms with Gasteiger partial charge in [0, 0.05) is 26.2 Å². The normalized spacial score (nSPS) is 10.1. The fourth-order valence-electron chi connectivity index (χ4n) is 1.77. The Morgan fingerprint density at radius 3 is 2.67 bits per heavy atom. The Morgan fingerprint density at radius 2 is 1.94 bits per heavy atom. The van der Waals surface area contributed by atoms with Crippen LogP contribution in [0.5, 0.6) is 0 Å². The van der Waals surface area contributed by atoms with Gasteiger partial charge in [0.2, 0.25) is 0 Å². The van der Waals surface area contributed by atoms with Gasteiger partial charge in [-0.2, -0.15) is 0 Å². The Kier molecular flexibility index (Phi) is 4.12. The number of benzene rings is 1. The fourth-order valence-corrected chi connectivity index (χ4v) is 1.77. The molecule has 0 bridgehead atoms. The molecule has 0 aliphatic heterocycles. The molecule has 0 unspecified atom stereocenters. The number of nitrogens with zero attached hydrogens (tertiary/aromatic N) is 3. The molecule has 4 heteroatoms. The molecule has 94 valence electrons. The molecule has 1 aromatic heterocycles. The number of hydrogen-bond donors (Lipinski definition) is 1. The standard InChI is InChI=1S/C14H18N4/c1-3-15-13-9-14(17-11-16-13)18(2)10-12-7-5-4-6-8-12/h4-9,11H,3,10H2,1-2H3,(H,15,16,17). The smallest absolute Gasteiger partial charge is 0.134 e. The molecule has 1 aromatic carbocycles. The number of nitrogens with one attached hydrogen (secondary N) is 1. The van der Waals surface area contributed by atoms with Gasteiger partial charge in [0.25, 0.3) is 0 Å². The molecule has 0 fully saturated rings. The van der Waals surface area contributed by atoms with Crippen molar-refractivity contribution in [3.63, 3.8) is 0 Å². The molecule has 0 aliphatic rings. The van der Waals surface area contributed by atoms with E-state index in [1.165, 1.54) is 5.56 Å². The fraction of sp³-hybridized carbons (Fsp3) is 0.286. The van der Waals surface area contributed by atoms with Crippen LogP contribution in [0.3, 0.4) is 0 Å². The molecule has 2 rings (SSSR count). The molecule has 0 saturated carbocycles. The van der Waals surface area contributed by atoms with Crippen LogP contribution in [0.4, 0.5) is 11.6 Å². The first-order valence-corrected chi connectivity index (χ1v) is 6.10. The second-order valence-corrected chi connectivity index (χ2v) is 4.13. The molecule has 0 aliphatic carbocycles. The van der Waals surface area contributed by atoms with Crippen molar-refractivity contribution in [1.29, 1.82) is 0 Å². The Hall–Kier alpha value is -2.10. The van der Waals surface area contributed by atoms with Crippen LogP contribution in [0.1, 0.15) is 12.5 Å². The number of aromatic nitrogens is 2. The Balaban J connectivity index is 2.08. The van der Waals surface area contributed by atoms with Gasteiger partial charge < -0.3 is 10.2 Å². The molecule has 0 radical (unpaired) electrons. The molecule has 0 amide bonds. The summed E-state index contributed by atoms with van der Waals surface area (Å²) in [5.74, 6) is 1.78. The van der Waals surface area contributed by atoms with E-state index >= 15 is 0 Å². The number of anilines is 2. The third-order valence-corrected chi connectivity index (χ3v) is 2.66. The van der Waals surface area contributed by atoms with E-state index in [1.54, 1.807) is 6.33 Å². The van der Waals surface area contributed by atoms with Gasteiger partial charge in [0.05, 0.1) is 0 Å². The minimum absolute atomic E-state index is 0.837. The lowest BCUT2D eigenvalue weighted by Crippen LogP contribution is -2.18. The largest absolute Gasteiger partial charge is 0.370 e. The predicted octanol–water partition coefficient (Wildman–Crippen LogP) is 2.54. The van der Waals surface area contributed by atoms with Gasteiger partial charge in [0.1, 0.15) is 18.0 Å². The third-order valence-electron chi connectivity index (χ3n) is 2.66. The van der Waals surface area contributed by atoms with Crippen molar-refractivity contribution >= 4 is 11.6 Å². The maximum Gasteiger partial charge on any atom is 0.134 e. The van der Waals surface area contributed by atoms with Crippen molar-refractivity contribution in [2.75, 3.05) is 23.8 Å². The summed E-state index contributed by atoms with van der Waals surface area (Å²) < 4.78 is 0. The zero-order chi connectivity index (χ0) is 12.8. The van der Waals surface area contributed by atoms with Crippen LogP contribution < -0.4 is 10.2 Å². The van der Waals surface area contributed by atoms with E-state index in [0.29, 0.717) is 0 Å². The van der Waals surface area contributed by atoms with Gasteiger partial charge in [-0.25, -0.2) is 9.97 Å². The highest BCUT2D eigenvalue weighted by molar-refractivity contribution is 5.48. The van der Waals surface area contributed by atoms with Gasteiger partial charge in [0.15, 0.2) is 0 Å². The highest BCUT2D eigenvalue weighted by Crippen LogP contribution is 2.15. The number of hydrogen-bond acceptors (Lipinski definition) is 4. The summed E-state index contributed by atoms with van der Waals surface area (Å²) in [6, 6.07) is 12.3. The van der Waals surface area contributed by atoms with Crippen molar-refractivity contribution in [1.82, 2.24) is 9.97 Å². The second-order valence-electron chi connectivity index (χ2n) is 4.13. The van der Waals surface area contributed by atoms with E-state index in [4.69, 9.17) is 0 Å². The molecule has 18 heavy (non-hydrogen) atoms. The van der Waals surface area contributed by atoms with E-state index in [-0.39, 0.29) is 0 Å². The van der Waals surface area contributed by atoms with Crippen molar-refractivity contribution in [2.24, 2.45) is 0 Å². The first-order chi connectivity index (χ1) is 8.79. The van der Waals surface area contributed by atoms with Crippen molar-refractivity contribution in [2.45, 2.75) is 13.5 Å². The van der Waals surface area contributed by atoms with Gasteiger partial charge in [-0.1, -0.05) is 30.3 Å². The summed E-state index contributed by atoms with van der Waals surface area (Å²) in [5.41, 5.74) is 1.27. The molecular formula is C14H18N4. The molecular weight excluding hydrogens is 224 g/mol. The van der Waals surface area contributed by atoms with Gasteiger partial charge >= 0.3 is 0 Å². The summed E-state index contributed by atoms with van der Waals surface area (Å²) in [4.78, 5) is 10.6. The molecule has 0 saturated heterocycles. The van der Waals surface area contributed by atoms with Crippen molar-refractivity contribution in [3.05, 3.63) is 48.3 Å². The Bertz CT molecular complexity index is 484. The lowest BCUT2D eigenvalue weighted by molar-refractivity contribution is 0.890. The lowest BCUT2D eigenvalue weighted by Gasteiger charge is -2.18. The quantitative estimate of drug-likeness (QED) is 0.874. The van der Waals surface area contributed by atoms with Crippen molar-refractivity contribution < 1.29 is 0 Å². The summed E-state index contributed by atoms with van der Waals surface area (Å²) in [6.45, 7) is 3.75. The highest BCUT2D eigenvalue weighted by atomic mass is 15.2. The van der Waals surface area contributed by atoms with Crippen LogP contribution in [0.25, 0.3) is 0 Å². The molecule has 1 heterocycles. The van der Waals surface area contributed by atoms with E-state index in [2.05, 4.69) is 39.2 Å². The molecule has 0 atom stereocenters. The van der Waals surface area contributed by atoms with Crippen LogP contribution in [0.15, 0.2) is 42.7 Å². The van der Waals surface area contributed by atoms with Crippen molar-refractivity contribution in [3.8, 4) is 0 Å². The number of rotatable bonds is 5. The van der Waals surface area contributed by atoms with E-state index in [1.807, 2.05) is 31.3 Å². The summed E-state index contributed by atoms with van der Waals surface area (Å²) >= 11 is 0. The molecule has 4 nitrogen and oxygen atoms in total. The summed E-state index contributed by atoms with van der Waals surface area (Å²) in [5, 5.41) is 3.19. The minimum Gasteiger partial charge on any atom is -0.370 e. The highest BCUT2D eigenvalue weighted by Gasteiger charge is 2.04. The van der Waals surface area contributed by atoms with Gasteiger partial charge in [-0.15, -0.1) is 0 Å². The average Bonchev–Trinajstić information content (AvgIpc) is 2.40.